The maximum Gasteiger partial charge on any atom is 0.140 e. The smallest absolute Gasteiger partial charge is 0.140 e. The van der Waals surface area contributed by atoms with Crippen LogP contribution in [0, 0.1) is 50.7 Å². The molecule has 41 heavy (non-hydrogen) atoms. The third-order valence-electron chi connectivity index (χ3n) is 14.5. The van der Waals surface area contributed by atoms with E-state index in [1.165, 1.54) is 23.4 Å². The zero-order valence-corrected chi connectivity index (χ0v) is 27.3. The highest BCUT2D eigenvalue weighted by Gasteiger charge is 2.86. The van der Waals surface area contributed by atoms with Gasteiger partial charge in [-0.1, -0.05) is 65.0 Å². The molecule has 0 radical (unpaired) electrons. The molecule has 1 aliphatic heterocycles. The number of fused-ring (bicyclic) bond motifs is 4. The third-order valence-corrected chi connectivity index (χ3v) is 16.1. The SMILES string of the molecule is CC(C)C1=N[C@H]2CC[C@]34C[C@@]35C(=O)C[C@]3(C)[C@@H]([C@H](C)N(C)Cc6ccccc6)[C@H](O)C[C@@]3(C)[C@@H]5CC[C@H]4[C@]2(C)CS1. The molecule has 4 nitrogen and oxygen atoms in total. The highest BCUT2D eigenvalue weighted by atomic mass is 32.2. The molecule has 11 atom stereocenters. The number of aliphatic hydroxyl groups is 1. The lowest BCUT2D eigenvalue weighted by Crippen LogP contribution is -2.62. The number of Topliss-reactive ketones (excluding diaryl/α,β-unsaturated/α-hetero) is 1. The Labute approximate surface area is 252 Å². The Morgan fingerprint density at radius 1 is 1.05 bits per heavy atom. The van der Waals surface area contributed by atoms with Crippen LogP contribution in [0.15, 0.2) is 35.3 Å². The molecule has 5 fully saturated rings. The summed E-state index contributed by atoms with van der Waals surface area (Å²) in [5.41, 5.74) is 1.33. The first kappa shape index (κ1) is 28.6. The van der Waals surface area contributed by atoms with E-state index in [2.05, 4.69) is 83.8 Å². The predicted molar refractivity (Wildman–Crippen MR) is 169 cm³/mol. The van der Waals surface area contributed by atoms with Gasteiger partial charge in [0.25, 0.3) is 0 Å². The minimum absolute atomic E-state index is 0.0106. The highest BCUT2D eigenvalue weighted by Crippen LogP contribution is 2.88. The first-order valence-electron chi connectivity index (χ1n) is 16.5. The molecule has 1 N–H and O–H groups in total. The van der Waals surface area contributed by atoms with Crippen molar-refractivity contribution in [3.63, 3.8) is 0 Å². The van der Waals surface area contributed by atoms with E-state index >= 15 is 0 Å². The summed E-state index contributed by atoms with van der Waals surface area (Å²) in [6, 6.07) is 11.3. The molecule has 1 aromatic carbocycles. The van der Waals surface area contributed by atoms with Crippen molar-refractivity contribution in [1.82, 2.24) is 4.90 Å². The summed E-state index contributed by atoms with van der Waals surface area (Å²) in [4.78, 5) is 22.5. The molecule has 2 spiro atoms. The van der Waals surface area contributed by atoms with Gasteiger partial charge in [-0.2, -0.15) is 0 Å². The molecule has 0 bridgehead atoms. The minimum atomic E-state index is -0.361. The monoisotopic (exact) mass is 576 g/mol. The molecule has 5 heteroatoms. The van der Waals surface area contributed by atoms with Gasteiger partial charge in [-0.05, 0) is 86.1 Å². The number of thioether (sulfide) groups is 1. The Hall–Kier alpha value is -1.17. The first-order valence-corrected chi connectivity index (χ1v) is 17.5. The van der Waals surface area contributed by atoms with Gasteiger partial charge in [0.1, 0.15) is 5.78 Å². The van der Waals surface area contributed by atoms with Gasteiger partial charge in [-0.3, -0.25) is 14.7 Å². The van der Waals surface area contributed by atoms with Crippen LogP contribution in [-0.2, 0) is 11.3 Å². The molecule has 5 aliphatic carbocycles. The van der Waals surface area contributed by atoms with Crippen LogP contribution >= 0.6 is 11.8 Å². The summed E-state index contributed by atoms with van der Waals surface area (Å²) in [6.45, 7) is 15.1. The number of carbonyl (C=O) groups is 1. The van der Waals surface area contributed by atoms with E-state index in [0.29, 0.717) is 36.0 Å². The molecule has 0 aromatic heterocycles. The number of carbonyl (C=O) groups excluding carboxylic acids is 1. The van der Waals surface area contributed by atoms with Gasteiger partial charge in [0.15, 0.2) is 0 Å². The summed E-state index contributed by atoms with van der Waals surface area (Å²) >= 11 is 2.00. The van der Waals surface area contributed by atoms with E-state index < -0.39 is 0 Å². The van der Waals surface area contributed by atoms with Crippen molar-refractivity contribution in [2.75, 3.05) is 12.8 Å². The second kappa shape index (κ2) is 9.17. The van der Waals surface area contributed by atoms with Crippen molar-refractivity contribution in [3.05, 3.63) is 35.9 Å². The lowest BCUT2D eigenvalue weighted by Gasteiger charge is -2.63. The van der Waals surface area contributed by atoms with Crippen molar-refractivity contribution in [1.29, 1.82) is 0 Å². The average Bonchev–Trinajstić information content (AvgIpc) is 3.56. The molecule has 1 heterocycles. The topological polar surface area (TPSA) is 52.9 Å². The fraction of sp³-hybridized carbons (Fsp3) is 0.778. The van der Waals surface area contributed by atoms with Crippen LogP contribution in [-0.4, -0.2) is 51.8 Å². The number of aliphatic hydroxyl groups excluding tert-OH is 1. The average molecular weight is 577 g/mol. The van der Waals surface area contributed by atoms with E-state index in [9.17, 15) is 9.90 Å². The second-order valence-electron chi connectivity index (χ2n) is 16.3. The third kappa shape index (κ3) is 3.55. The number of aliphatic imine (C=N–C) groups is 1. The van der Waals surface area contributed by atoms with Gasteiger partial charge in [0.05, 0.1) is 17.2 Å². The summed E-state index contributed by atoms with van der Waals surface area (Å²) in [7, 11) is 2.20. The highest BCUT2D eigenvalue weighted by molar-refractivity contribution is 8.14. The van der Waals surface area contributed by atoms with E-state index in [1.54, 1.807) is 0 Å². The van der Waals surface area contributed by atoms with Gasteiger partial charge < -0.3 is 5.11 Å². The Morgan fingerprint density at radius 2 is 1.76 bits per heavy atom. The number of benzene rings is 1. The molecule has 1 aromatic rings. The molecule has 0 saturated heterocycles. The molecule has 6 aliphatic rings. The van der Waals surface area contributed by atoms with Crippen molar-refractivity contribution >= 4 is 22.6 Å². The number of nitrogens with zero attached hydrogens (tertiary/aromatic N) is 2. The van der Waals surface area contributed by atoms with Crippen molar-refractivity contribution in [2.24, 2.45) is 55.7 Å². The maximum absolute atomic E-state index is 14.7. The first-order chi connectivity index (χ1) is 19.3. The zero-order valence-electron chi connectivity index (χ0n) is 26.5. The van der Waals surface area contributed by atoms with Crippen molar-refractivity contribution in [2.45, 2.75) is 111 Å². The van der Waals surface area contributed by atoms with Gasteiger partial charge in [-0.25, -0.2) is 0 Å². The van der Waals surface area contributed by atoms with E-state index in [1.807, 2.05) is 11.8 Å². The van der Waals surface area contributed by atoms with E-state index in [-0.39, 0.29) is 45.1 Å². The van der Waals surface area contributed by atoms with Gasteiger partial charge in [-0.15, -0.1) is 11.8 Å². The van der Waals surface area contributed by atoms with Crippen LogP contribution in [0.3, 0.4) is 0 Å². The lowest BCUT2D eigenvalue weighted by atomic mass is 9.41. The van der Waals surface area contributed by atoms with Gasteiger partial charge >= 0.3 is 0 Å². The van der Waals surface area contributed by atoms with Crippen LogP contribution in [0.4, 0.5) is 0 Å². The zero-order chi connectivity index (χ0) is 29.2. The summed E-state index contributed by atoms with van der Waals surface area (Å²) < 4.78 is 0. The number of hydrogen-bond acceptors (Lipinski definition) is 5. The number of hydrogen-bond donors (Lipinski definition) is 1. The normalized spacial score (nSPS) is 49.0. The molecular formula is C36H52N2O2S. The van der Waals surface area contributed by atoms with Crippen LogP contribution in [0.1, 0.15) is 92.1 Å². The Bertz CT molecular complexity index is 1270. The van der Waals surface area contributed by atoms with E-state index in [4.69, 9.17) is 4.99 Å². The molecule has 7 rings (SSSR count). The van der Waals surface area contributed by atoms with E-state index in [0.717, 1.165) is 38.0 Å². The summed E-state index contributed by atoms with van der Waals surface area (Å²) in [5.74, 6) is 3.33. The van der Waals surface area contributed by atoms with Crippen LogP contribution in [0.5, 0.6) is 0 Å². The minimum Gasteiger partial charge on any atom is -0.393 e. The molecular weight excluding hydrogens is 524 g/mol. The lowest BCUT2D eigenvalue weighted by molar-refractivity contribution is -0.169. The van der Waals surface area contributed by atoms with Gasteiger partial charge in [0.2, 0.25) is 0 Å². The fourth-order valence-electron chi connectivity index (χ4n) is 12.3. The van der Waals surface area contributed by atoms with Crippen molar-refractivity contribution < 1.29 is 9.90 Å². The largest absolute Gasteiger partial charge is 0.393 e. The molecule has 0 unspecified atom stereocenters. The van der Waals surface area contributed by atoms with Crippen LogP contribution in [0.25, 0.3) is 0 Å². The molecule has 5 saturated carbocycles. The maximum atomic E-state index is 14.7. The second-order valence-corrected chi connectivity index (χ2v) is 17.3. The number of rotatable bonds is 5. The molecule has 224 valence electrons. The quantitative estimate of drug-likeness (QED) is 0.401. The standard InChI is InChI=1S/C36H52N2O2S/c1-22(2)31-37-28-15-16-35-20-36(35)27(14-13-26(35)32(28,4)21-41-31)33(5)17-25(39)30(34(33,6)18-29(36)40)23(3)38(7)19-24-11-9-8-10-12-24/h8-12,22-23,25-28,30,39H,13-21H2,1-7H3/t23-,25+,26-,27-,28-,30-,32-,33-,34+,35+,36+/m0/s1. The summed E-state index contributed by atoms with van der Waals surface area (Å²) in [5, 5.41) is 13.2. The Kier molecular flexibility index (Phi) is 6.40. The Balaban J connectivity index is 1.19. The number of ketones is 1. The Morgan fingerprint density at radius 3 is 2.46 bits per heavy atom. The van der Waals surface area contributed by atoms with Crippen LogP contribution < -0.4 is 0 Å². The molecule has 0 amide bonds. The van der Waals surface area contributed by atoms with Crippen molar-refractivity contribution in [3.8, 4) is 0 Å². The summed E-state index contributed by atoms with van der Waals surface area (Å²) in [6.07, 6.45) is 6.93. The fourth-order valence-corrected chi connectivity index (χ4v) is 13.7. The predicted octanol–water partition coefficient (Wildman–Crippen LogP) is 7.25. The van der Waals surface area contributed by atoms with Crippen LogP contribution in [0.2, 0.25) is 0 Å². The van der Waals surface area contributed by atoms with Gasteiger partial charge in [0, 0.05) is 47.4 Å².